The molecule has 1 unspecified atom stereocenters. The Morgan fingerprint density at radius 1 is 1.26 bits per heavy atom. The maximum absolute atomic E-state index is 12.0. The third-order valence-electron chi connectivity index (χ3n) is 3.39. The number of para-hydroxylation sites is 1. The third-order valence-corrected chi connectivity index (χ3v) is 3.39. The molecule has 8 nitrogen and oxygen atoms in total. The lowest BCUT2D eigenvalue weighted by molar-refractivity contribution is -0.149. The van der Waals surface area contributed by atoms with E-state index in [0.717, 1.165) is 4.90 Å². The first-order valence-electron chi connectivity index (χ1n) is 7.10. The minimum atomic E-state index is -1.10. The number of anilines is 1. The summed E-state index contributed by atoms with van der Waals surface area (Å²) in [6.07, 6.45) is -1.26. The van der Waals surface area contributed by atoms with Gasteiger partial charge in [-0.05, 0) is 6.07 Å². The number of nitrogens with zero attached hydrogens (tertiary/aromatic N) is 1. The molecule has 8 heteroatoms. The number of nitrogens with one attached hydrogen (secondary N) is 1. The van der Waals surface area contributed by atoms with Crippen molar-refractivity contribution in [3.63, 3.8) is 0 Å². The Labute approximate surface area is 133 Å². The summed E-state index contributed by atoms with van der Waals surface area (Å²) in [5.41, 5.74) is 1.13. The molecule has 0 radical (unpaired) electrons. The number of urea groups is 1. The van der Waals surface area contributed by atoms with Crippen molar-refractivity contribution in [1.29, 1.82) is 0 Å². The standard InChI is InChI=1S/C15H18N2O6/c1-22-12(18)6-7-13(19)23-9-8-17-14(20)10-4-2-3-5-11(10)16-15(17)21/h2-5,14,20H,6-9H2,1H3,(H,16,21). The second-order valence-corrected chi connectivity index (χ2v) is 4.88. The highest BCUT2D eigenvalue weighted by molar-refractivity contribution is 5.92. The summed E-state index contributed by atoms with van der Waals surface area (Å²) in [5.74, 6) is -1.06. The molecule has 0 aromatic heterocycles. The molecule has 2 rings (SSSR count). The largest absolute Gasteiger partial charge is 0.469 e. The Hall–Kier alpha value is -2.61. The quantitative estimate of drug-likeness (QED) is 0.758. The van der Waals surface area contributed by atoms with Crippen LogP contribution in [0.4, 0.5) is 10.5 Å². The molecule has 124 valence electrons. The fourth-order valence-corrected chi connectivity index (χ4v) is 2.16. The monoisotopic (exact) mass is 322 g/mol. The van der Waals surface area contributed by atoms with Crippen LogP contribution in [0.1, 0.15) is 24.6 Å². The number of carbonyl (C=O) groups excluding carboxylic acids is 3. The number of hydrogen-bond acceptors (Lipinski definition) is 6. The number of aliphatic hydroxyl groups excluding tert-OH is 1. The first kappa shape index (κ1) is 16.8. The fraction of sp³-hybridized carbons (Fsp3) is 0.400. The number of benzene rings is 1. The molecular formula is C15H18N2O6. The Kier molecular flexibility index (Phi) is 5.53. The van der Waals surface area contributed by atoms with Gasteiger partial charge < -0.3 is 19.9 Å². The molecule has 0 saturated heterocycles. The lowest BCUT2D eigenvalue weighted by Crippen LogP contribution is -2.44. The number of ether oxygens (including phenoxy) is 2. The van der Waals surface area contributed by atoms with Crippen LogP contribution in [0.3, 0.4) is 0 Å². The fourth-order valence-electron chi connectivity index (χ4n) is 2.16. The number of carbonyl (C=O) groups is 3. The molecular weight excluding hydrogens is 304 g/mol. The van der Waals surface area contributed by atoms with Crippen molar-refractivity contribution >= 4 is 23.7 Å². The SMILES string of the molecule is COC(=O)CCC(=O)OCCN1C(=O)Nc2ccccc2C1O. The van der Waals surface area contributed by atoms with E-state index in [1.54, 1.807) is 24.3 Å². The van der Waals surface area contributed by atoms with E-state index in [4.69, 9.17) is 4.74 Å². The van der Waals surface area contributed by atoms with Crippen molar-refractivity contribution in [2.24, 2.45) is 0 Å². The van der Waals surface area contributed by atoms with Crippen molar-refractivity contribution in [3.05, 3.63) is 29.8 Å². The van der Waals surface area contributed by atoms with E-state index in [-0.39, 0.29) is 26.0 Å². The van der Waals surface area contributed by atoms with Crippen LogP contribution in [0.25, 0.3) is 0 Å². The van der Waals surface area contributed by atoms with Crippen molar-refractivity contribution < 1.29 is 29.0 Å². The molecule has 1 aromatic carbocycles. The van der Waals surface area contributed by atoms with Crippen LogP contribution in [-0.4, -0.2) is 48.2 Å². The summed E-state index contributed by atoms with van der Waals surface area (Å²) in [6, 6.07) is 6.44. The zero-order chi connectivity index (χ0) is 16.8. The maximum atomic E-state index is 12.0. The van der Waals surface area contributed by atoms with Crippen molar-refractivity contribution in [2.45, 2.75) is 19.1 Å². The summed E-state index contributed by atoms with van der Waals surface area (Å²) in [5, 5.41) is 12.9. The van der Waals surface area contributed by atoms with Gasteiger partial charge in [-0.3, -0.25) is 14.5 Å². The van der Waals surface area contributed by atoms with Crippen LogP contribution in [0.5, 0.6) is 0 Å². The maximum Gasteiger partial charge on any atom is 0.324 e. The van der Waals surface area contributed by atoms with Gasteiger partial charge in [0.1, 0.15) is 6.61 Å². The molecule has 23 heavy (non-hydrogen) atoms. The van der Waals surface area contributed by atoms with Gasteiger partial charge in [0.15, 0.2) is 6.23 Å². The van der Waals surface area contributed by atoms with Gasteiger partial charge in [0.2, 0.25) is 0 Å². The molecule has 1 aliphatic heterocycles. The molecule has 2 amide bonds. The summed E-state index contributed by atoms with van der Waals surface area (Å²) in [4.78, 5) is 35.5. The lowest BCUT2D eigenvalue weighted by Gasteiger charge is -2.33. The number of esters is 2. The molecule has 1 atom stereocenters. The number of fused-ring (bicyclic) bond motifs is 1. The second kappa shape index (κ2) is 7.59. The molecule has 0 aliphatic carbocycles. The minimum absolute atomic E-state index is 0.0330. The van der Waals surface area contributed by atoms with Gasteiger partial charge in [-0.15, -0.1) is 0 Å². The number of hydrogen-bond donors (Lipinski definition) is 2. The van der Waals surface area contributed by atoms with Gasteiger partial charge >= 0.3 is 18.0 Å². The van der Waals surface area contributed by atoms with Gasteiger partial charge in [-0.2, -0.15) is 0 Å². The van der Waals surface area contributed by atoms with E-state index >= 15 is 0 Å². The molecule has 1 aromatic rings. The number of methoxy groups -OCH3 is 1. The Morgan fingerprint density at radius 3 is 2.70 bits per heavy atom. The summed E-state index contributed by atoms with van der Waals surface area (Å²) < 4.78 is 9.37. The van der Waals surface area contributed by atoms with Gasteiger partial charge in [-0.1, -0.05) is 18.2 Å². The van der Waals surface area contributed by atoms with E-state index in [2.05, 4.69) is 10.1 Å². The normalized spacial score (nSPS) is 16.3. The highest BCUT2D eigenvalue weighted by atomic mass is 16.5. The highest BCUT2D eigenvalue weighted by Crippen LogP contribution is 2.30. The number of rotatable bonds is 6. The van der Waals surface area contributed by atoms with E-state index in [9.17, 15) is 19.5 Å². The summed E-state index contributed by atoms with van der Waals surface area (Å²) in [6.45, 7) is -0.0437. The average molecular weight is 322 g/mol. The van der Waals surface area contributed by atoms with E-state index in [1.807, 2.05) is 0 Å². The van der Waals surface area contributed by atoms with Crippen LogP contribution >= 0.6 is 0 Å². The minimum Gasteiger partial charge on any atom is -0.469 e. The van der Waals surface area contributed by atoms with Gasteiger partial charge in [0.25, 0.3) is 0 Å². The Bertz CT molecular complexity index is 603. The highest BCUT2D eigenvalue weighted by Gasteiger charge is 2.30. The topological polar surface area (TPSA) is 105 Å². The van der Waals surface area contributed by atoms with Crippen LogP contribution < -0.4 is 5.32 Å². The average Bonchev–Trinajstić information content (AvgIpc) is 2.55. The summed E-state index contributed by atoms with van der Waals surface area (Å²) >= 11 is 0. The molecule has 0 saturated carbocycles. The zero-order valence-electron chi connectivity index (χ0n) is 12.7. The zero-order valence-corrected chi connectivity index (χ0v) is 12.7. The Balaban J connectivity index is 1.83. The van der Waals surface area contributed by atoms with E-state index in [1.165, 1.54) is 7.11 Å². The molecule has 0 fully saturated rings. The number of amides is 2. The third kappa shape index (κ3) is 4.19. The smallest absolute Gasteiger partial charge is 0.324 e. The van der Waals surface area contributed by atoms with Crippen molar-refractivity contribution in [1.82, 2.24) is 4.90 Å². The van der Waals surface area contributed by atoms with E-state index < -0.39 is 24.2 Å². The lowest BCUT2D eigenvalue weighted by atomic mass is 10.1. The van der Waals surface area contributed by atoms with Crippen LogP contribution in [0.15, 0.2) is 24.3 Å². The molecule has 1 aliphatic rings. The van der Waals surface area contributed by atoms with Gasteiger partial charge in [0, 0.05) is 5.56 Å². The van der Waals surface area contributed by atoms with Crippen LogP contribution in [-0.2, 0) is 19.1 Å². The molecule has 0 spiro atoms. The van der Waals surface area contributed by atoms with Crippen molar-refractivity contribution in [2.75, 3.05) is 25.6 Å². The first-order valence-corrected chi connectivity index (χ1v) is 7.10. The predicted molar refractivity (Wildman–Crippen MR) is 79.3 cm³/mol. The predicted octanol–water partition coefficient (Wildman–Crippen LogP) is 1.02. The van der Waals surface area contributed by atoms with Gasteiger partial charge in [-0.25, -0.2) is 4.79 Å². The van der Waals surface area contributed by atoms with Crippen molar-refractivity contribution in [3.8, 4) is 0 Å². The molecule has 1 heterocycles. The van der Waals surface area contributed by atoms with Crippen LogP contribution in [0.2, 0.25) is 0 Å². The number of aliphatic hydroxyl groups is 1. The Morgan fingerprint density at radius 2 is 1.96 bits per heavy atom. The van der Waals surface area contributed by atoms with Crippen LogP contribution in [0, 0.1) is 0 Å². The van der Waals surface area contributed by atoms with E-state index in [0.29, 0.717) is 11.3 Å². The summed E-state index contributed by atoms with van der Waals surface area (Å²) in [7, 11) is 1.24. The molecule has 0 bridgehead atoms. The second-order valence-electron chi connectivity index (χ2n) is 4.88. The first-order chi connectivity index (χ1) is 11.0. The van der Waals surface area contributed by atoms with Gasteiger partial charge in [0.05, 0.1) is 32.2 Å². The molecule has 2 N–H and O–H groups in total.